The maximum Gasteiger partial charge on any atom is 0.231 e. The average Bonchev–Trinajstić information content (AvgIpc) is 3.15. The smallest absolute Gasteiger partial charge is 0.231 e. The summed E-state index contributed by atoms with van der Waals surface area (Å²) in [6.07, 6.45) is 5.50. The molecule has 132 valence electrons. The number of hydrogen-bond donors (Lipinski definition) is 1. The molecule has 0 saturated carbocycles. The highest BCUT2D eigenvalue weighted by atomic mass is 16.7. The number of aliphatic hydroxyl groups is 1. The lowest BCUT2D eigenvalue weighted by molar-refractivity contribution is 0.171. The number of para-hydroxylation sites is 1. The Balaban J connectivity index is 1.53. The molecule has 1 atom stereocenters. The number of aliphatic hydroxyl groups excluding tert-OH is 1. The number of ether oxygens (including phenoxy) is 3. The predicted octanol–water partition coefficient (Wildman–Crippen LogP) is 4.11. The van der Waals surface area contributed by atoms with Gasteiger partial charge in [-0.05, 0) is 41.8 Å². The molecule has 5 nitrogen and oxygen atoms in total. The van der Waals surface area contributed by atoms with Crippen molar-refractivity contribution < 1.29 is 19.3 Å². The van der Waals surface area contributed by atoms with Crippen LogP contribution in [0.1, 0.15) is 23.7 Å². The molecule has 4 rings (SSSR count). The number of hydrogen-bond acceptors (Lipinski definition) is 5. The van der Waals surface area contributed by atoms with Gasteiger partial charge in [-0.15, -0.1) is 0 Å². The number of rotatable bonds is 5. The molecule has 1 aliphatic rings. The molecule has 0 bridgehead atoms. The molecule has 0 spiro atoms. The van der Waals surface area contributed by atoms with Crippen molar-refractivity contribution >= 4 is 17.0 Å². The van der Waals surface area contributed by atoms with Gasteiger partial charge in [-0.2, -0.15) is 0 Å². The van der Waals surface area contributed by atoms with E-state index in [1.807, 2.05) is 54.6 Å². The third kappa shape index (κ3) is 3.09. The van der Waals surface area contributed by atoms with Crippen LogP contribution in [0.2, 0.25) is 0 Å². The van der Waals surface area contributed by atoms with Crippen molar-refractivity contribution in [3.05, 3.63) is 65.9 Å². The summed E-state index contributed by atoms with van der Waals surface area (Å²) < 4.78 is 16.2. The molecular formula is C21H19NO4. The highest BCUT2D eigenvalue weighted by molar-refractivity contribution is 5.82. The van der Waals surface area contributed by atoms with E-state index in [-0.39, 0.29) is 6.79 Å². The zero-order chi connectivity index (χ0) is 17.9. The van der Waals surface area contributed by atoms with E-state index >= 15 is 0 Å². The SMILES string of the molecule is COc1cc(/C=C/CC(O)c2ccnc3ccccc23)cc2c1OCO2. The maximum absolute atomic E-state index is 10.6. The molecule has 26 heavy (non-hydrogen) atoms. The largest absolute Gasteiger partial charge is 0.493 e. The summed E-state index contributed by atoms with van der Waals surface area (Å²) in [7, 11) is 1.60. The van der Waals surface area contributed by atoms with Gasteiger partial charge < -0.3 is 19.3 Å². The first-order valence-corrected chi connectivity index (χ1v) is 8.42. The Bertz CT molecular complexity index is 962. The Morgan fingerprint density at radius 1 is 1.23 bits per heavy atom. The van der Waals surface area contributed by atoms with Crippen LogP contribution in [0, 0.1) is 0 Å². The minimum atomic E-state index is -0.602. The zero-order valence-corrected chi connectivity index (χ0v) is 14.4. The van der Waals surface area contributed by atoms with Gasteiger partial charge in [0.1, 0.15) is 0 Å². The summed E-state index contributed by atoms with van der Waals surface area (Å²) in [4.78, 5) is 4.34. The standard InChI is InChI=1S/C21H19NO4/c1-24-19-11-14(12-20-21(19)26-13-25-20)5-4-8-18(23)16-9-10-22-17-7-3-2-6-15(16)17/h2-7,9-12,18,23H,8,13H2,1H3/b5-4+. The Hall–Kier alpha value is -3.05. The molecule has 1 aromatic heterocycles. The Morgan fingerprint density at radius 3 is 3.00 bits per heavy atom. The van der Waals surface area contributed by atoms with E-state index in [0.29, 0.717) is 23.7 Å². The van der Waals surface area contributed by atoms with Crippen molar-refractivity contribution in [3.63, 3.8) is 0 Å². The first kappa shape index (κ1) is 16.4. The fraction of sp³-hybridized carbons (Fsp3) is 0.190. The first-order valence-electron chi connectivity index (χ1n) is 8.42. The molecule has 2 heterocycles. The van der Waals surface area contributed by atoms with E-state index in [0.717, 1.165) is 22.0 Å². The molecule has 0 amide bonds. The molecular weight excluding hydrogens is 330 g/mol. The fourth-order valence-corrected chi connectivity index (χ4v) is 3.11. The molecule has 3 aromatic rings. The molecule has 0 aliphatic carbocycles. The van der Waals surface area contributed by atoms with Gasteiger partial charge in [0.15, 0.2) is 11.5 Å². The van der Waals surface area contributed by atoms with Gasteiger partial charge in [0.25, 0.3) is 0 Å². The third-order valence-corrected chi connectivity index (χ3v) is 4.39. The lowest BCUT2D eigenvalue weighted by Gasteiger charge is -2.11. The van der Waals surface area contributed by atoms with E-state index < -0.39 is 6.10 Å². The van der Waals surface area contributed by atoms with Crippen LogP contribution in [0.5, 0.6) is 17.2 Å². The Kier molecular flexibility index (Phi) is 4.46. The van der Waals surface area contributed by atoms with Gasteiger partial charge in [0, 0.05) is 11.6 Å². The Labute approximate surface area is 151 Å². The van der Waals surface area contributed by atoms with Crippen molar-refractivity contribution in [2.45, 2.75) is 12.5 Å². The van der Waals surface area contributed by atoms with E-state index in [4.69, 9.17) is 14.2 Å². The topological polar surface area (TPSA) is 60.8 Å². The van der Waals surface area contributed by atoms with Gasteiger partial charge in [-0.25, -0.2) is 0 Å². The summed E-state index contributed by atoms with van der Waals surface area (Å²) in [6.45, 7) is 0.201. The van der Waals surface area contributed by atoms with Crippen molar-refractivity contribution in [2.75, 3.05) is 13.9 Å². The zero-order valence-electron chi connectivity index (χ0n) is 14.4. The van der Waals surface area contributed by atoms with Crippen molar-refractivity contribution in [1.29, 1.82) is 0 Å². The summed E-state index contributed by atoms with van der Waals surface area (Å²) >= 11 is 0. The molecule has 5 heteroatoms. The lowest BCUT2D eigenvalue weighted by atomic mass is 10.0. The minimum Gasteiger partial charge on any atom is -0.493 e. The van der Waals surface area contributed by atoms with Crippen LogP contribution in [0.25, 0.3) is 17.0 Å². The van der Waals surface area contributed by atoms with Crippen molar-refractivity contribution in [1.82, 2.24) is 4.98 Å². The first-order chi connectivity index (χ1) is 12.8. The van der Waals surface area contributed by atoms with Crippen LogP contribution in [0.4, 0.5) is 0 Å². The van der Waals surface area contributed by atoms with E-state index in [2.05, 4.69) is 4.98 Å². The monoisotopic (exact) mass is 349 g/mol. The number of benzene rings is 2. The van der Waals surface area contributed by atoms with Crippen LogP contribution in [-0.4, -0.2) is 24.0 Å². The minimum absolute atomic E-state index is 0.201. The van der Waals surface area contributed by atoms with E-state index in [9.17, 15) is 5.11 Å². The summed E-state index contributed by atoms with van der Waals surface area (Å²) in [5, 5.41) is 11.6. The summed E-state index contributed by atoms with van der Waals surface area (Å²) in [5.41, 5.74) is 2.69. The maximum atomic E-state index is 10.6. The van der Waals surface area contributed by atoms with Gasteiger partial charge in [-0.1, -0.05) is 30.4 Å². The van der Waals surface area contributed by atoms with Gasteiger partial charge in [0.05, 0.1) is 18.7 Å². The predicted molar refractivity (Wildman–Crippen MR) is 99.5 cm³/mol. The van der Waals surface area contributed by atoms with Crippen LogP contribution < -0.4 is 14.2 Å². The van der Waals surface area contributed by atoms with Crippen LogP contribution in [-0.2, 0) is 0 Å². The van der Waals surface area contributed by atoms with Crippen LogP contribution in [0.15, 0.2) is 54.7 Å². The second-order valence-electron chi connectivity index (χ2n) is 6.03. The van der Waals surface area contributed by atoms with Gasteiger partial charge in [-0.3, -0.25) is 4.98 Å². The molecule has 0 radical (unpaired) electrons. The number of pyridine rings is 1. The van der Waals surface area contributed by atoms with E-state index in [1.165, 1.54) is 0 Å². The molecule has 1 aliphatic heterocycles. The van der Waals surface area contributed by atoms with Gasteiger partial charge in [0.2, 0.25) is 12.5 Å². The highest BCUT2D eigenvalue weighted by Gasteiger charge is 2.19. The average molecular weight is 349 g/mol. The second kappa shape index (κ2) is 7.06. The quantitative estimate of drug-likeness (QED) is 0.751. The number of fused-ring (bicyclic) bond motifs is 2. The molecule has 0 saturated heterocycles. The molecule has 1 N–H and O–H groups in total. The van der Waals surface area contributed by atoms with Crippen LogP contribution in [0.3, 0.4) is 0 Å². The van der Waals surface area contributed by atoms with E-state index in [1.54, 1.807) is 13.3 Å². The summed E-state index contributed by atoms with van der Waals surface area (Å²) in [5.74, 6) is 1.94. The highest BCUT2D eigenvalue weighted by Crippen LogP contribution is 2.42. The third-order valence-electron chi connectivity index (χ3n) is 4.39. The molecule has 2 aromatic carbocycles. The normalized spacial score (nSPS) is 14.1. The number of nitrogens with zero attached hydrogens (tertiary/aromatic N) is 1. The number of methoxy groups -OCH3 is 1. The molecule has 1 unspecified atom stereocenters. The summed E-state index contributed by atoms with van der Waals surface area (Å²) in [6, 6.07) is 13.5. The Morgan fingerprint density at radius 2 is 2.12 bits per heavy atom. The molecule has 0 fully saturated rings. The van der Waals surface area contributed by atoms with Crippen molar-refractivity contribution in [2.24, 2.45) is 0 Å². The number of aromatic nitrogens is 1. The van der Waals surface area contributed by atoms with Gasteiger partial charge >= 0.3 is 0 Å². The second-order valence-corrected chi connectivity index (χ2v) is 6.03. The fourth-order valence-electron chi connectivity index (χ4n) is 3.11. The van der Waals surface area contributed by atoms with Crippen molar-refractivity contribution in [3.8, 4) is 17.2 Å². The lowest BCUT2D eigenvalue weighted by Crippen LogP contribution is -1.97. The van der Waals surface area contributed by atoms with Crippen LogP contribution >= 0.6 is 0 Å².